The Hall–Kier alpha value is -2.29. The molecule has 2 aromatic rings. The number of para-hydroxylation sites is 1. The van der Waals surface area contributed by atoms with Crippen molar-refractivity contribution < 1.29 is 9.53 Å². The van der Waals surface area contributed by atoms with Crippen LogP contribution in [0.4, 0.5) is 5.69 Å². The number of rotatable bonds is 2. The second-order valence-electron chi connectivity index (χ2n) is 4.64. The molecule has 2 aromatic carbocycles. The first kappa shape index (κ1) is 11.8. The van der Waals surface area contributed by atoms with Gasteiger partial charge >= 0.3 is 5.97 Å². The molecule has 1 heterocycles. The Kier molecular flexibility index (Phi) is 3.19. The third kappa shape index (κ3) is 2.60. The topological polar surface area (TPSA) is 38.3 Å². The van der Waals surface area contributed by atoms with Gasteiger partial charge in [0.15, 0.2) is 0 Å². The first-order chi connectivity index (χ1) is 9.33. The molecule has 0 saturated heterocycles. The lowest BCUT2D eigenvalue weighted by atomic mass is 10.0. The molecule has 3 nitrogen and oxygen atoms in total. The van der Waals surface area contributed by atoms with Crippen molar-refractivity contribution in [3.05, 3.63) is 65.7 Å². The Morgan fingerprint density at radius 3 is 2.63 bits per heavy atom. The predicted octanol–water partition coefficient (Wildman–Crippen LogP) is 2.88. The zero-order valence-corrected chi connectivity index (χ0v) is 10.5. The SMILES string of the molecule is O=C(OC1CNc2ccccc2C1)c1ccccc1. The maximum atomic E-state index is 12.0. The van der Waals surface area contributed by atoms with Gasteiger partial charge < -0.3 is 10.1 Å². The molecule has 0 aromatic heterocycles. The normalized spacial score (nSPS) is 17.2. The highest BCUT2D eigenvalue weighted by molar-refractivity contribution is 5.89. The molecule has 3 rings (SSSR count). The fourth-order valence-corrected chi connectivity index (χ4v) is 2.29. The summed E-state index contributed by atoms with van der Waals surface area (Å²) in [6, 6.07) is 17.2. The van der Waals surface area contributed by atoms with E-state index in [1.165, 1.54) is 5.56 Å². The van der Waals surface area contributed by atoms with Crippen molar-refractivity contribution in [1.82, 2.24) is 0 Å². The molecule has 0 fully saturated rings. The van der Waals surface area contributed by atoms with Crippen molar-refractivity contribution in [1.29, 1.82) is 0 Å². The summed E-state index contributed by atoms with van der Waals surface area (Å²) in [6.07, 6.45) is 0.657. The molecule has 96 valence electrons. The van der Waals surface area contributed by atoms with E-state index in [-0.39, 0.29) is 12.1 Å². The molecule has 0 spiro atoms. The summed E-state index contributed by atoms with van der Waals surface area (Å²) < 4.78 is 5.53. The number of carbonyl (C=O) groups is 1. The van der Waals surface area contributed by atoms with Crippen LogP contribution in [-0.2, 0) is 11.2 Å². The van der Waals surface area contributed by atoms with Gasteiger partial charge in [0, 0.05) is 12.1 Å². The van der Waals surface area contributed by atoms with E-state index in [1.54, 1.807) is 12.1 Å². The van der Waals surface area contributed by atoms with Gasteiger partial charge in [0.25, 0.3) is 0 Å². The minimum absolute atomic E-state index is 0.109. The van der Waals surface area contributed by atoms with E-state index in [1.807, 2.05) is 36.4 Å². The Balaban J connectivity index is 1.68. The van der Waals surface area contributed by atoms with E-state index in [2.05, 4.69) is 11.4 Å². The maximum absolute atomic E-state index is 12.0. The summed E-state index contributed by atoms with van der Waals surface area (Å²) >= 11 is 0. The Morgan fingerprint density at radius 1 is 1.05 bits per heavy atom. The van der Waals surface area contributed by atoms with Crippen LogP contribution in [0.2, 0.25) is 0 Å². The van der Waals surface area contributed by atoms with Crippen molar-refractivity contribution in [2.45, 2.75) is 12.5 Å². The van der Waals surface area contributed by atoms with Gasteiger partial charge in [0.2, 0.25) is 0 Å². The summed E-state index contributed by atoms with van der Waals surface area (Å²) in [5.74, 6) is -0.258. The van der Waals surface area contributed by atoms with Crippen LogP contribution in [0, 0.1) is 0 Å². The molecule has 19 heavy (non-hydrogen) atoms. The highest BCUT2D eigenvalue weighted by Crippen LogP contribution is 2.22. The number of anilines is 1. The molecule has 0 saturated carbocycles. The third-order valence-corrected chi connectivity index (χ3v) is 3.27. The summed E-state index contributed by atoms with van der Waals surface area (Å²) in [5.41, 5.74) is 2.93. The van der Waals surface area contributed by atoms with Gasteiger partial charge in [-0.05, 0) is 23.8 Å². The Bertz CT molecular complexity index is 580. The van der Waals surface area contributed by atoms with Crippen LogP contribution in [0.15, 0.2) is 54.6 Å². The molecule has 1 N–H and O–H groups in total. The Labute approximate surface area is 112 Å². The van der Waals surface area contributed by atoms with E-state index < -0.39 is 0 Å². The minimum Gasteiger partial charge on any atom is -0.457 e. The average molecular weight is 253 g/mol. The van der Waals surface area contributed by atoms with Gasteiger partial charge in [-0.15, -0.1) is 0 Å². The highest BCUT2D eigenvalue weighted by Gasteiger charge is 2.21. The number of ether oxygens (including phenoxy) is 1. The van der Waals surface area contributed by atoms with Gasteiger partial charge in [-0.1, -0.05) is 36.4 Å². The second-order valence-corrected chi connectivity index (χ2v) is 4.64. The van der Waals surface area contributed by atoms with Gasteiger partial charge in [-0.3, -0.25) is 0 Å². The van der Waals surface area contributed by atoms with E-state index in [0.717, 1.165) is 12.1 Å². The first-order valence-electron chi connectivity index (χ1n) is 6.41. The van der Waals surface area contributed by atoms with Crippen molar-refractivity contribution in [3.8, 4) is 0 Å². The molecule has 1 aliphatic rings. The second kappa shape index (κ2) is 5.14. The quantitative estimate of drug-likeness (QED) is 0.836. The molecule has 0 bridgehead atoms. The standard InChI is InChI=1S/C16H15NO2/c18-16(12-6-2-1-3-7-12)19-14-10-13-8-4-5-9-15(13)17-11-14/h1-9,14,17H,10-11H2. The number of esters is 1. The molecular formula is C16H15NO2. The van der Waals surface area contributed by atoms with Crippen LogP contribution in [0.5, 0.6) is 0 Å². The van der Waals surface area contributed by atoms with Gasteiger partial charge in [-0.2, -0.15) is 0 Å². The van der Waals surface area contributed by atoms with Crippen LogP contribution >= 0.6 is 0 Å². The van der Waals surface area contributed by atoms with E-state index in [0.29, 0.717) is 12.1 Å². The maximum Gasteiger partial charge on any atom is 0.338 e. The molecule has 0 aliphatic carbocycles. The van der Waals surface area contributed by atoms with Crippen LogP contribution < -0.4 is 5.32 Å². The molecule has 0 amide bonds. The minimum atomic E-state index is -0.258. The van der Waals surface area contributed by atoms with Crippen LogP contribution in [-0.4, -0.2) is 18.6 Å². The molecule has 0 radical (unpaired) electrons. The lowest BCUT2D eigenvalue weighted by Crippen LogP contribution is -2.32. The summed E-state index contributed by atoms with van der Waals surface area (Å²) in [5, 5.41) is 3.29. The fraction of sp³-hybridized carbons (Fsp3) is 0.188. The predicted molar refractivity (Wildman–Crippen MR) is 74.3 cm³/mol. The van der Waals surface area contributed by atoms with Crippen molar-refractivity contribution in [2.24, 2.45) is 0 Å². The lowest BCUT2D eigenvalue weighted by Gasteiger charge is -2.26. The van der Waals surface area contributed by atoms with Gasteiger partial charge in [0.05, 0.1) is 12.1 Å². The molecule has 1 atom stereocenters. The number of carbonyl (C=O) groups excluding carboxylic acids is 1. The molecular weight excluding hydrogens is 238 g/mol. The Morgan fingerprint density at radius 2 is 1.79 bits per heavy atom. The smallest absolute Gasteiger partial charge is 0.338 e. The van der Waals surface area contributed by atoms with Crippen molar-refractivity contribution in [3.63, 3.8) is 0 Å². The van der Waals surface area contributed by atoms with Gasteiger partial charge in [-0.25, -0.2) is 4.79 Å². The zero-order chi connectivity index (χ0) is 13.1. The zero-order valence-electron chi connectivity index (χ0n) is 10.5. The summed E-state index contributed by atoms with van der Waals surface area (Å²) in [7, 11) is 0. The molecule has 3 heteroatoms. The number of nitrogens with one attached hydrogen (secondary N) is 1. The van der Waals surface area contributed by atoms with E-state index in [4.69, 9.17) is 4.74 Å². The number of fused-ring (bicyclic) bond motifs is 1. The van der Waals surface area contributed by atoms with Crippen molar-refractivity contribution >= 4 is 11.7 Å². The largest absolute Gasteiger partial charge is 0.457 e. The fourth-order valence-electron chi connectivity index (χ4n) is 2.29. The molecule has 1 unspecified atom stereocenters. The molecule has 1 aliphatic heterocycles. The van der Waals surface area contributed by atoms with Crippen LogP contribution in [0.3, 0.4) is 0 Å². The highest BCUT2D eigenvalue weighted by atomic mass is 16.5. The van der Waals surface area contributed by atoms with E-state index in [9.17, 15) is 4.79 Å². The summed E-state index contributed by atoms with van der Waals surface area (Å²) in [4.78, 5) is 12.0. The van der Waals surface area contributed by atoms with Crippen LogP contribution in [0.1, 0.15) is 15.9 Å². The first-order valence-corrected chi connectivity index (χ1v) is 6.41. The lowest BCUT2D eigenvalue weighted by molar-refractivity contribution is 0.0324. The van der Waals surface area contributed by atoms with Gasteiger partial charge in [0.1, 0.15) is 6.10 Å². The monoisotopic (exact) mass is 253 g/mol. The summed E-state index contributed by atoms with van der Waals surface area (Å²) in [6.45, 7) is 0.662. The van der Waals surface area contributed by atoms with Crippen LogP contribution in [0.25, 0.3) is 0 Å². The van der Waals surface area contributed by atoms with E-state index >= 15 is 0 Å². The average Bonchev–Trinajstić information content (AvgIpc) is 2.48. The third-order valence-electron chi connectivity index (χ3n) is 3.27. The number of benzene rings is 2. The van der Waals surface area contributed by atoms with Crippen molar-refractivity contribution in [2.75, 3.05) is 11.9 Å². The number of hydrogen-bond acceptors (Lipinski definition) is 3. The number of hydrogen-bond donors (Lipinski definition) is 1.